The van der Waals surface area contributed by atoms with Crippen LogP contribution in [0.25, 0.3) is 0 Å². The summed E-state index contributed by atoms with van der Waals surface area (Å²) in [5.74, 6) is -1.04. The van der Waals surface area contributed by atoms with Crippen LogP contribution in [0.15, 0.2) is 48.5 Å². The van der Waals surface area contributed by atoms with Crippen LogP contribution in [0.1, 0.15) is 56.8 Å². The van der Waals surface area contributed by atoms with Crippen molar-refractivity contribution in [2.24, 2.45) is 0 Å². The van der Waals surface area contributed by atoms with Crippen molar-refractivity contribution in [2.75, 3.05) is 37.1 Å². The van der Waals surface area contributed by atoms with Gasteiger partial charge in [0.1, 0.15) is 0 Å². The minimum atomic E-state index is -5.24. The summed E-state index contributed by atoms with van der Waals surface area (Å²) in [5, 5.41) is 11.3. The number of hydrogen-bond donors (Lipinski definition) is 3. The van der Waals surface area contributed by atoms with Crippen LogP contribution in [0, 0.1) is 0 Å². The second-order valence-electron chi connectivity index (χ2n) is 8.14. The quantitative estimate of drug-likeness (QED) is 0.104. The van der Waals surface area contributed by atoms with Crippen LogP contribution in [0.4, 0.5) is 11.4 Å². The molecule has 0 radical (unpaired) electrons. The Morgan fingerprint density at radius 2 is 1.71 bits per heavy atom. The van der Waals surface area contributed by atoms with Crippen molar-refractivity contribution in [3.63, 3.8) is 0 Å². The molecule has 1 atom stereocenters. The zero-order valence-electron chi connectivity index (χ0n) is 22.2. The molecule has 0 fully saturated rings. The van der Waals surface area contributed by atoms with Crippen LogP contribution >= 0.6 is 0 Å². The predicted octanol–water partition coefficient (Wildman–Crippen LogP) is 3.13. The van der Waals surface area contributed by atoms with Crippen LogP contribution in [-0.4, -0.2) is 68.2 Å². The molecule has 12 heteroatoms. The molecule has 2 aromatic carbocycles. The van der Waals surface area contributed by atoms with Gasteiger partial charge < -0.3 is 4.74 Å². The summed E-state index contributed by atoms with van der Waals surface area (Å²) in [4.78, 5) is 35.8. The number of amides is 2. The van der Waals surface area contributed by atoms with Crippen molar-refractivity contribution in [3.8, 4) is 0 Å². The largest absolute Gasteiger partial charge is 0.462 e. The summed E-state index contributed by atoms with van der Waals surface area (Å²) < 4.78 is 35.7. The van der Waals surface area contributed by atoms with Crippen molar-refractivity contribution in [3.05, 3.63) is 54.1 Å². The first-order valence-electron chi connectivity index (χ1n) is 12.2. The van der Waals surface area contributed by atoms with E-state index in [1.165, 1.54) is 32.2 Å². The van der Waals surface area contributed by atoms with Crippen molar-refractivity contribution in [1.82, 2.24) is 0 Å². The number of likely N-dealkylation sites (N-methyl/N-ethyl adjacent to an activating group) is 1. The van der Waals surface area contributed by atoms with Gasteiger partial charge in [0.25, 0.3) is 0 Å². The van der Waals surface area contributed by atoms with Gasteiger partial charge in [-0.1, -0.05) is 18.2 Å². The summed E-state index contributed by atoms with van der Waals surface area (Å²) in [6.07, 6.45) is 4.07. The Morgan fingerprint density at radius 3 is 2.29 bits per heavy atom. The molecule has 0 aromatic heterocycles. The van der Waals surface area contributed by atoms with E-state index in [9.17, 15) is 22.2 Å². The summed E-state index contributed by atoms with van der Waals surface area (Å²) in [5.41, 5.74) is 0.976. The van der Waals surface area contributed by atoms with E-state index < -0.39 is 20.1 Å². The molecule has 2 rings (SSSR count). The maximum atomic E-state index is 12.4. The number of nitrogens with zero attached hydrogens (tertiary/aromatic N) is 1. The van der Waals surface area contributed by atoms with Gasteiger partial charge in [0.2, 0.25) is 0 Å². The maximum Gasteiger partial charge on any atom is 0.338 e. The van der Waals surface area contributed by atoms with Crippen molar-refractivity contribution in [1.29, 1.82) is 0 Å². The molecule has 0 saturated carbocycles. The third kappa shape index (κ3) is 11.6. The van der Waals surface area contributed by atoms with Gasteiger partial charge in [0.15, 0.2) is 0 Å². The van der Waals surface area contributed by atoms with Gasteiger partial charge in [-0.05, 0) is 19.1 Å². The SMILES string of the molecule is CCCCCCOCC(=O)N(C)c1cc(NC(C)=O)ccc1[As](=O)(O)OO.CCOC(=O)c1ccccc1. The van der Waals surface area contributed by atoms with E-state index in [1.54, 1.807) is 19.1 Å². The maximum absolute atomic E-state index is 12.4. The fourth-order valence-corrected chi connectivity index (χ4v) is 4.96. The third-order valence-corrected chi connectivity index (χ3v) is 7.63. The molecule has 0 aliphatic rings. The Labute approximate surface area is 226 Å². The monoisotopic (exact) mass is 596 g/mol. The molecule has 210 valence electrons. The van der Waals surface area contributed by atoms with Gasteiger partial charge >= 0.3 is 167 Å². The number of unbranched alkanes of at least 4 members (excludes halogenated alkanes) is 3. The molecular formula is C26H37AsN2O9. The van der Waals surface area contributed by atoms with Gasteiger partial charge in [-0.3, -0.25) is 0 Å². The summed E-state index contributed by atoms with van der Waals surface area (Å²) in [7, 11) is 1.41. The molecule has 11 nitrogen and oxygen atoms in total. The van der Waals surface area contributed by atoms with E-state index in [1.807, 2.05) is 18.2 Å². The van der Waals surface area contributed by atoms with Crippen molar-refractivity contribution < 1.29 is 40.8 Å². The molecular weight excluding hydrogens is 559 g/mol. The first-order valence-corrected chi connectivity index (χ1v) is 15.5. The van der Waals surface area contributed by atoms with Crippen LogP contribution in [0.2, 0.25) is 0 Å². The Hall–Kier alpha value is -2.95. The van der Waals surface area contributed by atoms with E-state index in [0.717, 1.165) is 30.6 Å². The van der Waals surface area contributed by atoms with E-state index >= 15 is 0 Å². The zero-order valence-corrected chi connectivity index (χ0v) is 24.1. The molecule has 0 aliphatic heterocycles. The fraction of sp³-hybridized carbons (Fsp3) is 0.423. The van der Waals surface area contributed by atoms with Gasteiger partial charge in [-0.25, -0.2) is 4.79 Å². The molecule has 3 N–H and O–H groups in total. The standard InChI is InChI=1S/C17H27AsN2O7.C9H10O2/c1-4-5-6-7-10-26-12-17(22)20(3)16-11-14(19-13(2)21)8-9-15(16)18(23,24)27-25;1-2-11-9(10)8-6-4-3-5-7-8/h8-9,11,25H,4-7,10,12H2,1-3H3,(H,19,21)(H,23,24);3-7H,2H2,1H3. The number of benzene rings is 2. The number of esters is 1. The Bertz CT molecular complexity index is 1080. The van der Waals surface area contributed by atoms with E-state index in [0.29, 0.717) is 24.5 Å². The molecule has 1 unspecified atom stereocenters. The van der Waals surface area contributed by atoms with Gasteiger partial charge in [0, 0.05) is 0 Å². The number of anilines is 2. The Balaban J connectivity index is 0.000000544. The number of carbonyl (C=O) groups excluding carboxylic acids is 3. The topological polar surface area (TPSA) is 152 Å². The summed E-state index contributed by atoms with van der Waals surface area (Å²) >= 11 is -5.24. The van der Waals surface area contributed by atoms with Crippen LogP contribution < -0.4 is 14.6 Å². The van der Waals surface area contributed by atoms with Crippen LogP contribution in [0.5, 0.6) is 0 Å². The number of ether oxygens (including phenoxy) is 2. The fourth-order valence-electron chi connectivity index (χ4n) is 3.17. The molecule has 0 spiro atoms. The second kappa shape index (κ2) is 17.5. The smallest absolute Gasteiger partial charge is 0.338 e. The number of hydrogen-bond acceptors (Lipinski definition) is 8. The minimum absolute atomic E-state index is 0.0416. The van der Waals surface area contributed by atoms with Crippen molar-refractivity contribution >= 4 is 47.7 Å². The average Bonchev–Trinajstić information content (AvgIpc) is 2.90. The third-order valence-electron chi connectivity index (χ3n) is 5.10. The Morgan fingerprint density at radius 1 is 1.03 bits per heavy atom. The first-order chi connectivity index (χ1) is 18.1. The number of rotatable bonds is 13. The molecule has 2 amide bonds. The predicted molar refractivity (Wildman–Crippen MR) is 144 cm³/mol. The summed E-state index contributed by atoms with van der Waals surface area (Å²) in [6, 6.07) is 12.9. The molecule has 2 aromatic rings. The van der Waals surface area contributed by atoms with Gasteiger partial charge in [-0.2, -0.15) is 0 Å². The first kappa shape index (κ1) is 33.1. The number of carbonyl (C=O) groups is 3. The zero-order chi connectivity index (χ0) is 28.6. The van der Waals surface area contributed by atoms with Gasteiger partial charge in [-0.15, -0.1) is 0 Å². The average molecular weight is 597 g/mol. The number of nitrogens with one attached hydrogen (secondary N) is 1. The van der Waals surface area contributed by atoms with E-state index in [-0.39, 0.29) is 28.5 Å². The van der Waals surface area contributed by atoms with E-state index in [2.05, 4.69) is 16.1 Å². The second-order valence-corrected chi connectivity index (χ2v) is 11.7. The molecule has 0 saturated heterocycles. The van der Waals surface area contributed by atoms with Crippen LogP contribution in [-0.2, 0) is 26.7 Å². The van der Waals surface area contributed by atoms with Crippen molar-refractivity contribution in [2.45, 2.75) is 46.5 Å². The van der Waals surface area contributed by atoms with Crippen LogP contribution in [0.3, 0.4) is 0 Å². The molecule has 0 heterocycles. The summed E-state index contributed by atoms with van der Waals surface area (Å²) in [6.45, 7) is 5.87. The molecule has 0 aliphatic carbocycles. The van der Waals surface area contributed by atoms with E-state index in [4.69, 9.17) is 14.7 Å². The minimum Gasteiger partial charge on any atom is -0.462 e. The Kier molecular flexibility index (Phi) is 15.3. The molecule has 0 bridgehead atoms. The molecule has 38 heavy (non-hydrogen) atoms. The normalized spacial score (nSPS) is 11.9. The van der Waals surface area contributed by atoms with Gasteiger partial charge in [0.05, 0.1) is 12.2 Å².